The molecule has 0 fully saturated rings. The van der Waals surface area contributed by atoms with E-state index in [1.807, 2.05) is 19.1 Å². The molecule has 0 atom stereocenters. The summed E-state index contributed by atoms with van der Waals surface area (Å²) in [6, 6.07) is 7.15. The molecule has 0 saturated heterocycles. The smallest absolute Gasteiger partial charge is 0.260 e. The maximum absolute atomic E-state index is 11.4. The molecule has 7 heteroatoms. The van der Waals surface area contributed by atoms with Crippen LogP contribution >= 0.6 is 22.9 Å². The van der Waals surface area contributed by atoms with Crippen molar-refractivity contribution in [2.75, 3.05) is 5.73 Å². The third-order valence-electron chi connectivity index (χ3n) is 3.12. The first-order chi connectivity index (χ1) is 10.5. The number of aromatic nitrogens is 1. The van der Waals surface area contributed by atoms with Gasteiger partial charge in [0, 0.05) is 6.20 Å². The number of anilines is 1. The number of hydrogen-bond acceptors (Lipinski definition) is 5. The zero-order valence-electron chi connectivity index (χ0n) is 11.6. The van der Waals surface area contributed by atoms with Gasteiger partial charge in [0.15, 0.2) is 0 Å². The molecule has 3 aromatic rings. The second-order valence-corrected chi connectivity index (χ2v) is 6.14. The summed E-state index contributed by atoms with van der Waals surface area (Å²) in [7, 11) is 0. The molecule has 1 aromatic carbocycles. The highest BCUT2D eigenvalue weighted by Crippen LogP contribution is 2.40. The molecule has 4 N–H and O–H groups in total. The largest absolute Gasteiger partial charge is 0.455 e. The molecule has 0 bridgehead atoms. The van der Waals surface area contributed by atoms with Gasteiger partial charge in [-0.05, 0) is 30.7 Å². The highest BCUT2D eigenvalue weighted by molar-refractivity contribution is 7.21. The van der Waals surface area contributed by atoms with Gasteiger partial charge >= 0.3 is 0 Å². The lowest BCUT2D eigenvalue weighted by molar-refractivity contribution is 0.100. The van der Waals surface area contributed by atoms with E-state index >= 15 is 0 Å². The van der Waals surface area contributed by atoms with Crippen molar-refractivity contribution in [3.05, 3.63) is 45.9 Å². The van der Waals surface area contributed by atoms with Crippen LogP contribution in [-0.2, 0) is 0 Å². The highest BCUT2D eigenvalue weighted by atomic mass is 35.5. The van der Waals surface area contributed by atoms with Gasteiger partial charge < -0.3 is 16.2 Å². The zero-order chi connectivity index (χ0) is 15.9. The van der Waals surface area contributed by atoms with Gasteiger partial charge in [-0.3, -0.25) is 4.79 Å². The number of amides is 1. The number of halogens is 1. The summed E-state index contributed by atoms with van der Waals surface area (Å²) in [6.07, 6.45) is 1.59. The summed E-state index contributed by atoms with van der Waals surface area (Å²) >= 11 is 7.29. The number of primary amides is 1. The first-order valence-electron chi connectivity index (χ1n) is 6.38. The van der Waals surface area contributed by atoms with Gasteiger partial charge in [0.1, 0.15) is 21.2 Å². The predicted molar refractivity (Wildman–Crippen MR) is 88.8 cm³/mol. The van der Waals surface area contributed by atoms with Crippen molar-refractivity contribution in [2.45, 2.75) is 6.92 Å². The number of nitrogens with two attached hydrogens (primary N) is 2. The molecule has 0 aliphatic heterocycles. The first kappa shape index (κ1) is 14.6. The van der Waals surface area contributed by atoms with Crippen molar-refractivity contribution >= 4 is 44.7 Å². The number of aryl methyl sites for hydroxylation is 1. The van der Waals surface area contributed by atoms with Crippen LogP contribution in [0.2, 0.25) is 5.02 Å². The van der Waals surface area contributed by atoms with Crippen molar-refractivity contribution in [2.24, 2.45) is 5.73 Å². The molecular weight excluding hydrogens is 322 g/mol. The number of nitrogens with zero attached hydrogens (tertiary/aromatic N) is 1. The van der Waals surface area contributed by atoms with E-state index < -0.39 is 5.91 Å². The summed E-state index contributed by atoms with van der Waals surface area (Å²) in [6.45, 7) is 1.94. The Morgan fingerprint density at radius 2 is 2.09 bits per heavy atom. The number of rotatable bonds is 3. The molecule has 0 unspecified atom stereocenters. The van der Waals surface area contributed by atoms with E-state index in [0.717, 1.165) is 16.9 Å². The molecule has 0 aliphatic carbocycles. The number of carbonyl (C=O) groups is 1. The van der Waals surface area contributed by atoms with Gasteiger partial charge in [-0.25, -0.2) is 4.98 Å². The number of nitrogen functional groups attached to an aromatic ring is 1. The van der Waals surface area contributed by atoms with Crippen LogP contribution in [0, 0.1) is 6.92 Å². The van der Waals surface area contributed by atoms with Crippen molar-refractivity contribution in [1.82, 2.24) is 4.98 Å². The molecule has 2 aromatic heterocycles. The van der Waals surface area contributed by atoms with Gasteiger partial charge in [-0.1, -0.05) is 17.7 Å². The van der Waals surface area contributed by atoms with E-state index in [1.54, 1.807) is 18.3 Å². The molecule has 1 amide bonds. The average Bonchev–Trinajstić information content (AvgIpc) is 2.81. The second-order valence-electron chi connectivity index (χ2n) is 4.73. The number of benzene rings is 1. The number of fused-ring (bicyclic) bond motifs is 1. The number of thiophene rings is 1. The lowest BCUT2D eigenvalue weighted by Crippen LogP contribution is -2.10. The topological polar surface area (TPSA) is 91.2 Å². The Balaban J connectivity index is 2.15. The normalized spacial score (nSPS) is 10.8. The molecular formula is C15H12ClN3O2S. The predicted octanol–water partition coefficient (Wildman–Crippen LogP) is 3.73. The lowest BCUT2D eigenvalue weighted by atomic mass is 10.2. The molecule has 5 nitrogen and oxygen atoms in total. The Bertz CT molecular complexity index is 892. The molecule has 0 saturated carbocycles. The standard InChI is InChI=1S/C15H12ClN3O2S/c1-7-2-3-8(16)10(6-7)21-9-4-5-19-15-11(9)12(17)13(22-15)14(18)20/h2-6H,17H2,1H3,(H2,18,20). The summed E-state index contributed by atoms with van der Waals surface area (Å²) < 4.78 is 5.88. The maximum Gasteiger partial charge on any atom is 0.260 e. The SMILES string of the molecule is Cc1ccc(Cl)c(Oc2ccnc3sc(C(N)=O)c(N)c23)c1. The Morgan fingerprint density at radius 3 is 2.82 bits per heavy atom. The van der Waals surface area contributed by atoms with Crippen LogP contribution in [0.1, 0.15) is 15.2 Å². The van der Waals surface area contributed by atoms with Gasteiger partial charge in [0.05, 0.1) is 16.1 Å². The number of carbonyl (C=O) groups excluding carboxylic acids is 1. The van der Waals surface area contributed by atoms with Crippen molar-refractivity contribution < 1.29 is 9.53 Å². The summed E-state index contributed by atoms with van der Waals surface area (Å²) in [5.41, 5.74) is 12.6. The van der Waals surface area contributed by atoms with Gasteiger partial charge in [0.2, 0.25) is 0 Å². The fourth-order valence-electron chi connectivity index (χ4n) is 2.09. The Morgan fingerprint density at radius 1 is 1.32 bits per heavy atom. The number of pyridine rings is 1. The Hall–Kier alpha value is -2.31. The van der Waals surface area contributed by atoms with Crippen LogP contribution in [0.25, 0.3) is 10.2 Å². The highest BCUT2D eigenvalue weighted by Gasteiger charge is 2.19. The second kappa shape index (κ2) is 5.47. The van der Waals surface area contributed by atoms with Gasteiger partial charge in [-0.2, -0.15) is 0 Å². The minimum absolute atomic E-state index is 0.272. The van der Waals surface area contributed by atoms with E-state index in [1.165, 1.54) is 0 Å². The molecule has 0 spiro atoms. The first-order valence-corrected chi connectivity index (χ1v) is 7.57. The van der Waals surface area contributed by atoms with E-state index in [-0.39, 0.29) is 10.6 Å². The molecule has 0 aliphatic rings. The number of hydrogen-bond donors (Lipinski definition) is 2. The van der Waals surface area contributed by atoms with E-state index in [4.69, 9.17) is 27.8 Å². The third-order valence-corrected chi connectivity index (χ3v) is 4.56. The van der Waals surface area contributed by atoms with Crippen molar-refractivity contribution in [1.29, 1.82) is 0 Å². The Kier molecular flexibility index (Phi) is 3.64. The average molecular weight is 334 g/mol. The van der Waals surface area contributed by atoms with E-state index in [0.29, 0.717) is 26.7 Å². The fraction of sp³-hybridized carbons (Fsp3) is 0.0667. The zero-order valence-corrected chi connectivity index (χ0v) is 13.2. The van der Waals surface area contributed by atoms with Gasteiger partial charge in [0.25, 0.3) is 5.91 Å². The minimum Gasteiger partial charge on any atom is -0.455 e. The minimum atomic E-state index is -0.583. The summed E-state index contributed by atoms with van der Waals surface area (Å²) in [5, 5.41) is 1.05. The van der Waals surface area contributed by atoms with Crippen LogP contribution in [-0.4, -0.2) is 10.9 Å². The van der Waals surface area contributed by atoms with Crippen molar-refractivity contribution in [3.63, 3.8) is 0 Å². The van der Waals surface area contributed by atoms with Gasteiger partial charge in [-0.15, -0.1) is 11.3 Å². The quantitative estimate of drug-likeness (QED) is 0.764. The molecule has 0 radical (unpaired) electrons. The van der Waals surface area contributed by atoms with Crippen molar-refractivity contribution in [3.8, 4) is 11.5 Å². The van der Waals surface area contributed by atoms with Crippen LogP contribution in [0.15, 0.2) is 30.5 Å². The van der Waals surface area contributed by atoms with Crippen LogP contribution < -0.4 is 16.2 Å². The summed E-state index contributed by atoms with van der Waals surface area (Å²) in [5.74, 6) is 0.416. The summed E-state index contributed by atoms with van der Waals surface area (Å²) in [4.78, 5) is 16.5. The molecule has 112 valence electrons. The molecule has 22 heavy (non-hydrogen) atoms. The third kappa shape index (κ3) is 2.47. The molecule has 3 rings (SSSR count). The monoisotopic (exact) mass is 333 g/mol. The van der Waals surface area contributed by atoms with Crippen LogP contribution in [0.3, 0.4) is 0 Å². The Labute approximate surface area is 135 Å². The van der Waals surface area contributed by atoms with Crippen LogP contribution in [0.5, 0.6) is 11.5 Å². The van der Waals surface area contributed by atoms with Crippen LogP contribution in [0.4, 0.5) is 5.69 Å². The van der Waals surface area contributed by atoms with E-state index in [9.17, 15) is 4.79 Å². The van der Waals surface area contributed by atoms with E-state index in [2.05, 4.69) is 4.98 Å². The lowest BCUT2D eigenvalue weighted by Gasteiger charge is -2.09. The fourth-order valence-corrected chi connectivity index (χ4v) is 3.18. The maximum atomic E-state index is 11.4. The number of ether oxygens (including phenoxy) is 1. The molecule has 2 heterocycles.